The molecule has 1 unspecified atom stereocenters. The molecule has 0 radical (unpaired) electrons. The van der Waals surface area contributed by atoms with E-state index in [0.717, 1.165) is 27.1 Å². The molecule has 4 N–H and O–H groups in total. The number of hydrogen-bond acceptors (Lipinski definition) is 9. The van der Waals surface area contributed by atoms with E-state index in [-0.39, 0.29) is 11.9 Å². The Balaban J connectivity index is 1.66. The van der Waals surface area contributed by atoms with E-state index >= 15 is 0 Å². The molecule has 4 aromatic rings. The summed E-state index contributed by atoms with van der Waals surface area (Å²) in [6, 6.07) is 8.60. The predicted molar refractivity (Wildman–Crippen MR) is 144 cm³/mol. The van der Waals surface area contributed by atoms with Crippen molar-refractivity contribution in [2.75, 3.05) is 11.9 Å². The Morgan fingerprint density at radius 1 is 1.08 bits per heavy atom. The van der Waals surface area contributed by atoms with Crippen molar-refractivity contribution in [3.05, 3.63) is 54.7 Å². The van der Waals surface area contributed by atoms with Crippen LogP contribution in [0.5, 0.6) is 0 Å². The number of hydrogen-bond donors (Lipinski definition) is 3. The molecule has 192 valence electrons. The number of carbonyl (C=O) groups excluding carboxylic acids is 2. The van der Waals surface area contributed by atoms with Gasteiger partial charge in [-0.2, -0.15) is 0 Å². The van der Waals surface area contributed by atoms with Gasteiger partial charge in [-0.05, 0) is 49.6 Å². The largest absolute Gasteiger partial charge is 0.453 e. The third kappa shape index (κ3) is 6.07. The second-order valence-corrected chi connectivity index (χ2v) is 9.77. The summed E-state index contributed by atoms with van der Waals surface area (Å²) >= 11 is 1.38. The molecule has 11 heteroatoms. The lowest BCUT2D eigenvalue weighted by Gasteiger charge is -2.18. The fraction of sp³-hybridized carbons (Fsp3) is 0.308. The van der Waals surface area contributed by atoms with Crippen molar-refractivity contribution in [1.82, 2.24) is 25.3 Å². The number of nitrogens with two attached hydrogens (primary N) is 1. The topological polar surface area (TPSA) is 145 Å². The smallest absolute Gasteiger partial charge is 0.323 e. The highest BCUT2D eigenvalue weighted by atomic mass is 32.1. The number of nitrogens with zero attached hydrogens (tertiary/aromatic N) is 4. The molecule has 2 amide bonds. The molecular formula is C26H29N7O3S. The Bertz CT molecular complexity index is 1390. The number of urea groups is 1. The van der Waals surface area contributed by atoms with Gasteiger partial charge in [0.05, 0.1) is 15.9 Å². The van der Waals surface area contributed by atoms with E-state index in [1.807, 2.05) is 51.1 Å². The number of aromatic nitrogens is 4. The number of amides is 2. The first-order chi connectivity index (χ1) is 17.8. The fourth-order valence-corrected chi connectivity index (χ4v) is 4.51. The quantitative estimate of drug-likeness (QED) is 0.288. The molecule has 0 aliphatic heterocycles. The Labute approximate surface area is 218 Å². The number of nitrogens with one attached hydrogen (secondary N) is 2. The first-order valence-electron chi connectivity index (χ1n) is 12.0. The minimum absolute atomic E-state index is 0.0336. The van der Waals surface area contributed by atoms with Crippen molar-refractivity contribution >= 4 is 38.7 Å². The Morgan fingerprint density at radius 3 is 2.49 bits per heavy atom. The summed E-state index contributed by atoms with van der Waals surface area (Å²) in [6.07, 6.45) is 4.45. The van der Waals surface area contributed by atoms with E-state index < -0.39 is 18.1 Å². The zero-order valence-corrected chi connectivity index (χ0v) is 21.9. The molecule has 0 aliphatic carbocycles. The second kappa shape index (κ2) is 11.4. The molecule has 2 atom stereocenters. The molecular weight excluding hydrogens is 490 g/mol. The zero-order valence-electron chi connectivity index (χ0n) is 21.1. The predicted octanol–water partition coefficient (Wildman–Crippen LogP) is 4.54. The molecule has 37 heavy (non-hydrogen) atoms. The van der Waals surface area contributed by atoms with Crippen molar-refractivity contribution < 1.29 is 14.3 Å². The summed E-state index contributed by atoms with van der Waals surface area (Å²) in [4.78, 5) is 42.3. The second-order valence-electron chi connectivity index (χ2n) is 8.77. The minimum Gasteiger partial charge on any atom is -0.453 e. The highest BCUT2D eigenvalue weighted by Crippen LogP contribution is 2.38. The van der Waals surface area contributed by atoms with Crippen molar-refractivity contribution in [3.63, 3.8) is 0 Å². The molecule has 0 bridgehead atoms. The van der Waals surface area contributed by atoms with Crippen LogP contribution in [-0.4, -0.2) is 44.5 Å². The molecule has 10 nitrogen and oxygen atoms in total. The van der Waals surface area contributed by atoms with Gasteiger partial charge in [0.15, 0.2) is 17.1 Å². The minimum atomic E-state index is -0.705. The molecule has 1 aromatic carbocycles. The van der Waals surface area contributed by atoms with Gasteiger partial charge < -0.3 is 15.8 Å². The van der Waals surface area contributed by atoms with Crippen molar-refractivity contribution in [2.24, 2.45) is 11.7 Å². The van der Waals surface area contributed by atoms with Crippen molar-refractivity contribution in [2.45, 2.75) is 39.8 Å². The van der Waals surface area contributed by atoms with Crippen LogP contribution in [0.3, 0.4) is 0 Å². The van der Waals surface area contributed by atoms with Gasteiger partial charge in [0.1, 0.15) is 6.04 Å². The van der Waals surface area contributed by atoms with Crippen LogP contribution in [0.2, 0.25) is 0 Å². The number of ether oxygens (including phenoxy) is 1. The lowest BCUT2D eigenvalue weighted by atomic mass is 10.0. The van der Waals surface area contributed by atoms with Gasteiger partial charge in [-0.25, -0.2) is 19.7 Å². The Kier molecular flexibility index (Phi) is 8.04. The summed E-state index contributed by atoms with van der Waals surface area (Å²) in [6.45, 7) is 7.79. The average Bonchev–Trinajstić information content (AvgIpc) is 3.30. The highest BCUT2D eigenvalue weighted by molar-refractivity contribution is 7.22. The number of fused-ring (bicyclic) bond motifs is 1. The summed E-state index contributed by atoms with van der Waals surface area (Å²) in [5, 5.41) is 5.97. The number of benzene rings is 1. The third-order valence-corrected chi connectivity index (χ3v) is 6.66. The number of carbonyl (C=O) groups is 2. The molecule has 3 heterocycles. The molecule has 0 saturated carbocycles. The molecule has 3 aromatic heterocycles. The number of anilines is 1. The van der Waals surface area contributed by atoms with Gasteiger partial charge in [-0.3, -0.25) is 15.1 Å². The SMILES string of the molecule is CCNC(=O)Nc1nc2cc(-c3cnc([C@@H](C)OC(=O)C(N)C(C)C)nc3)cc(-c3ccccn3)c2s1. The highest BCUT2D eigenvalue weighted by Gasteiger charge is 2.23. The van der Waals surface area contributed by atoms with Gasteiger partial charge >= 0.3 is 12.0 Å². The normalized spacial score (nSPS) is 12.8. The number of pyridine rings is 1. The summed E-state index contributed by atoms with van der Waals surface area (Å²) in [7, 11) is 0. The van der Waals surface area contributed by atoms with Crippen LogP contribution in [0.25, 0.3) is 32.6 Å². The van der Waals surface area contributed by atoms with Gasteiger partial charge in [0.25, 0.3) is 0 Å². The van der Waals surface area contributed by atoms with E-state index in [9.17, 15) is 9.59 Å². The first-order valence-corrected chi connectivity index (χ1v) is 12.8. The molecule has 4 rings (SSSR count). The molecule has 0 fully saturated rings. The average molecular weight is 520 g/mol. The maximum atomic E-state index is 12.2. The maximum Gasteiger partial charge on any atom is 0.323 e. The standard InChI is InChI=1S/C26H29N7O3S/c1-5-28-25(35)33-26-32-20-11-16(10-18(22(20)37-26)19-8-6-7-9-29-19)17-12-30-23(31-13-17)15(4)36-24(34)21(27)14(2)3/h6-15,21H,5,27H2,1-4H3,(H2,28,32,33,35)/t15-,21?/m1/s1. The van der Waals surface area contributed by atoms with Gasteiger partial charge in [-0.15, -0.1) is 0 Å². The first kappa shape index (κ1) is 26.1. The summed E-state index contributed by atoms with van der Waals surface area (Å²) in [5.41, 5.74) is 9.85. The van der Waals surface area contributed by atoms with Gasteiger partial charge in [-0.1, -0.05) is 31.3 Å². The molecule has 0 spiro atoms. The van der Waals surface area contributed by atoms with Crippen molar-refractivity contribution in [1.29, 1.82) is 0 Å². The van der Waals surface area contributed by atoms with E-state index in [2.05, 4.69) is 30.6 Å². The lowest BCUT2D eigenvalue weighted by Crippen LogP contribution is -2.37. The van der Waals surface area contributed by atoms with Crippen LogP contribution in [-0.2, 0) is 9.53 Å². The van der Waals surface area contributed by atoms with Crippen LogP contribution in [0, 0.1) is 5.92 Å². The van der Waals surface area contributed by atoms with Crippen LogP contribution in [0.1, 0.15) is 39.6 Å². The van der Waals surface area contributed by atoms with E-state index in [1.54, 1.807) is 25.5 Å². The zero-order chi connectivity index (χ0) is 26.5. The monoisotopic (exact) mass is 519 g/mol. The fourth-order valence-electron chi connectivity index (χ4n) is 3.54. The number of esters is 1. The van der Waals surface area contributed by atoms with E-state index in [0.29, 0.717) is 23.0 Å². The van der Waals surface area contributed by atoms with E-state index in [4.69, 9.17) is 10.5 Å². The van der Waals surface area contributed by atoms with E-state index in [1.165, 1.54) is 11.3 Å². The van der Waals surface area contributed by atoms with Crippen LogP contribution >= 0.6 is 11.3 Å². The third-order valence-electron chi connectivity index (χ3n) is 5.64. The Morgan fingerprint density at radius 2 is 1.84 bits per heavy atom. The molecule has 0 aliphatic rings. The molecule has 0 saturated heterocycles. The van der Waals surface area contributed by atoms with Crippen LogP contribution in [0.4, 0.5) is 9.93 Å². The lowest BCUT2D eigenvalue weighted by molar-refractivity contribution is -0.151. The van der Waals surface area contributed by atoms with Gasteiger partial charge in [0.2, 0.25) is 0 Å². The number of thiazole rings is 1. The van der Waals surface area contributed by atoms with Crippen molar-refractivity contribution in [3.8, 4) is 22.4 Å². The van der Waals surface area contributed by atoms with Crippen LogP contribution < -0.4 is 16.4 Å². The van der Waals surface area contributed by atoms with Crippen LogP contribution in [0.15, 0.2) is 48.9 Å². The summed E-state index contributed by atoms with van der Waals surface area (Å²) in [5.74, 6) is -0.143. The number of rotatable bonds is 8. The maximum absolute atomic E-state index is 12.2. The van der Waals surface area contributed by atoms with Gasteiger partial charge in [0, 0.05) is 36.3 Å². The summed E-state index contributed by atoms with van der Waals surface area (Å²) < 4.78 is 6.34. The Hall–Kier alpha value is -3.96.